The smallest absolute Gasteiger partial charge is 0.264 e. The van der Waals surface area contributed by atoms with Crippen molar-refractivity contribution in [3.05, 3.63) is 42.2 Å². The molecule has 1 amide bonds. The normalized spacial score (nSPS) is 9.94. The van der Waals surface area contributed by atoms with Gasteiger partial charge in [-0.2, -0.15) is 0 Å². The quantitative estimate of drug-likeness (QED) is 0.842. The highest BCUT2D eigenvalue weighted by Gasteiger charge is 2.04. The van der Waals surface area contributed by atoms with Gasteiger partial charge in [0.15, 0.2) is 6.61 Å². The van der Waals surface area contributed by atoms with Crippen LogP contribution in [0.25, 0.3) is 0 Å². The van der Waals surface area contributed by atoms with E-state index in [2.05, 4.69) is 15.3 Å². The van der Waals surface area contributed by atoms with E-state index in [1.54, 1.807) is 12.4 Å². The first-order chi connectivity index (χ1) is 8.24. The second-order valence-electron chi connectivity index (χ2n) is 3.59. The fourth-order valence-corrected chi connectivity index (χ4v) is 1.29. The van der Waals surface area contributed by atoms with Gasteiger partial charge in [-0.25, -0.2) is 4.98 Å². The van der Waals surface area contributed by atoms with Crippen molar-refractivity contribution in [2.75, 3.05) is 11.9 Å². The fraction of sp³-hybridized carbons (Fsp3) is 0.167. The maximum absolute atomic E-state index is 11.5. The topological polar surface area (TPSA) is 67.0 Å². The first-order valence-electron chi connectivity index (χ1n) is 5.23. The standard InChI is InChI=1S/C12H13N3O2/c1-9-2-4-10(5-3-9)17-8-11(16)15-12-13-6-7-14-12/h2-7H,8H2,1H3,(H2,13,14,15,16). The number of rotatable bonds is 4. The Morgan fingerprint density at radius 3 is 2.82 bits per heavy atom. The number of amides is 1. The fourth-order valence-electron chi connectivity index (χ4n) is 1.29. The number of aryl methyl sites for hydroxylation is 1. The maximum Gasteiger partial charge on any atom is 0.264 e. The molecule has 1 heterocycles. The Hall–Kier alpha value is -2.30. The lowest BCUT2D eigenvalue weighted by Crippen LogP contribution is -2.20. The number of carbonyl (C=O) groups excluding carboxylic acids is 1. The average Bonchev–Trinajstić information content (AvgIpc) is 2.81. The molecular formula is C12H13N3O2. The van der Waals surface area contributed by atoms with E-state index in [0.717, 1.165) is 5.56 Å². The number of aromatic amines is 1. The molecule has 5 heteroatoms. The Morgan fingerprint density at radius 2 is 2.18 bits per heavy atom. The second kappa shape index (κ2) is 5.16. The van der Waals surface area contributed by atoms with Crippen LogP contribution in [0.4, 0.5) is 5.95 Å². The van der Waals surface area contributed by atoms with Crippen molar-refractivity contribution in [3.63, 3.8) is 0 Å². The molecule has 0 saturated heterocycles. The SMILES string of the molecule is Cc1ccc(OCC(=O)Nc2ncc[nH]2)cc1. The third-order valence-corrected chi connectivity index (χ3v) is 2.15. The molecule has 0 aliphatic heterocycles. The molecule has 0 bridgehead atoms. The van der Waals surface area contributed by atoms with Gasteiger partial charge in [0.25, 0.3) is 5.91 Å². The maximum atomic E-state index is 11.5. The summed E-state index contributed by atoms with van der Waals surface area (Å²) in [5.41, 5.74) is 1.15. The van der Waals surface area contributed by atoms with E-state index in [4.69, 9.17) is 4.74 Å². The molecule has 0 aliphatic carbocycles. The number of aromatic nitrogens is 2. The number of ether oxygens (including phenoxy) is 1. The summed E-state index contributed by atoms with van der Waals surface area (Å²) in [6.45, 7) is 1.96. The summed E-state index contributed by atoms with van der Waals surface area (Å²) < 4.78 is 5.32. The van der Waals surface area contributed by atoms with Crippen molar-refractivity contribution < 1.29 is 9.53 Å². The zero-order chi connectivity index (χ0) is 12.1. The van der Waals surface area contributed by atoms with E-state index in [1.165, 1.54) is 0 Å². The molecule has 2 N–H and O–H groups in total. The molecule has 2 aromatic rings. The lowest BCUT2D eigenvalue weighted by molar-refractivity contribution is -0.118. The summed E-state index contributed by atoms with van der Waals surface area (Å²) in [6.07, 6.45) is 3.20. The highest BCUT2D eigenvalue weighted by atomic mass is 16.5. The van der Waals surface area contributed by atoms with Crippen molar-refractivity contribution in [2.24, 2.45) is 0 Å². The summed E-state index contributed by atoms with van der Waals surface area (Å²) in [6, 6.07) is 7.52. The Morgan fingerprint density at radius 1 is 1.41 bits per heavy atom. The van der Waals surface area contributed by atoms with Gasteiger partial charge in [-0.05, 0) is 19.1 Å². The van der Waals surface area contributed by atoms with Gasteiger partial charge >= 0.3 is 0 Å². The molecule has 0 spiro atoms. The first-order valence-corrected chi connectivity index (χ1v) is 5.23. The molecule has 5 nitrogen and oxygen atoms in total. The molecular weight excluding hydrogens is 218 g/mol. The van der Waals surface area contributed by atoms with Crippen LogP contribution in [0.2, 0.25) is 0 Å². The van der Waals surface area contributed by atoms with Crippen LogP contribution in [-0.4, -0.2) is 22.5 Å². The summed E-state index contributed by atoms with van der Waals surface area (Å²) in [5, 5.41) is 2.57. The van der Waals surface area contributed by atoms with E-state index in [1.807, 2.05) is 31.2 Å². The number of nitrogens with one attached hydrogen (secondary N) is 2. The lowest BCUT2D eigenvalue weighted by Gasteiger charge is -2.05. The van der Waals surface area contributed by atoms with Gasteiger partial charge in [-0.15, -0.1) is 0 Å². The van der Waals surface area contributed by atoms with E-state index < -0.39 is 0 Å². The molecule has 0 aliphatic rings. The zero-order valence-electron chi connectivity index (χ0n) is 9.43. The minimum atomic E-state index is -0.250. The van der Waals surface area contributed by atoms with Crippen molar-refractivity contribution in [3.8, 4) is 5.75 Å². The summed E-state index contributed by atoms with van der Waals surface area (Å²) >= 11 is 0. The number of anilines is 1. The third-order valence-electron chi connectivity index (χ3n) is 2.15. The van der Waals surface area contributed by atoms with Gasteiger partial charge in [-0.1, -0.05) is 17.7 Å². The zero-order valence-corrected chi connectivity index (χ0v) is 9.43. The Balaban J connectivity index is 1.82. The van der Waals surface area contributed by atoms with E-state index in [9.17, 15) is 4.79 Å². The molecule has 2 rings (SSSR count). The monoisotopic (exact) mass is 231 g/mol. The largest absolute Gasteiger partial charge is 0.484 e. The van der Waals surface area contributed by atoms with Crippen LogP contribution < -0.4 is 10.1 Å². The lowest BCUT2D eigenvalue weighted by atomic mass is 10.2. The summed E-state index contributed by atoms with van der Waals surface area (Å²) in [4.78, 5) is 18.1. The predicted molar refractivity (Wildman–Crippen MR) is 63.9 cm³/mol. The van der Waals surface area contributed by atoms with E-state index in [0.29, 0.717) is 11.7 Å². The number of nitrogens with zero attached hydrogens (tertiary/aromatic N) is 1. The van der Waals surface area contributed by atoms with E-state index >= 15 is 0 Å². The summed E-state index contributed by atoms with van der Waals surface area (Å²) in [5.74, 6) is 0.841. The minimum absolute atomic E-state index is 0.0379. The molecule has 0 atom stereocenters. The van der Waals surface area contributed by atoms with Gasteiger partial charge in [0.1, 0.15) is 5.75 Å². The van der Waals surface area contributed by atoms with Crippen molar-refractivity contribution in [2.45, 2.75) is 6.92 Å². The number of H-pyrrole nitrogens is 1. The number of carbonyl (C=O) groups is 1. The van der Waals surface area contributed by atoms with Crippen molar-refractivity contribution >= 4 is 11.9 Å². The number of hydrogen-bond acceptors (Lipinski definition) is 3. The molecule has 0 fully saturated rings. The van der Waals surface area contributed by atoms with Gasteiger partial charge in [0.2, 0.25) is 5.95 Å². The van der Waals surface area contributed by atoms with Crippen molar-refractivity contribution in [1.29, 1.82) is 0 Å². The Labute approximate surface area is 98.8 Å². The van der Waals surface area contributed by atoms with Gasteiger partial charge in [0.05, 0.1) is 0 Å². The highest BCUT2D eigenvalue weighted by Crippen LogP contribution is 2.11. The Kier molecular flexibility index (Phi) is 3.40. The molecule has 0 radical (unpaired) electrons. The minimum Gasteiger partial charge on any atom is -0.484 e. The van der Waals surface area contributed by atoms with Gasteiger partial charge in [-0.3, -0.25) is 10.1 Å². The predicted octanol–water partition coefficient (Wildman–Crippen LogP) is 1.74. The third kappa shape index (κ3) is 3.34. The van der Waals surface area contributed by atoms with Gasteiger partial charge < -0.3 is 9.72 Å². The van der Waals surface area contributed by atoms with Crippen LogP contribution in [0.15, 0.2) is 36.7 Å². The van der Waals surface area contributed by atoms with Crippen LogP contribution in [0, 0.1) is 6.92 Å². The van der Waals surface area contributed by atoms with Crippen LogP contribution >= 0.6 is 0 Å². The second-order valence-corrected chi connectivity index (χ2v) is 3.59. The van der Waals surface area contributed by atoms with Crippen LogP contribution in [0.3, 0.4) is 0 Å². The van der Waals surface area contributed by atoms with Crippen LogP contribution in [0.1, 0.15) is 5.56 Å². The number of imidazole rings is 1. The first kappa shape index (κ1) is 11.2. The molecule has 88 valence electrons. The Bertz CT molecular complexity index is 477. The molecule has 1 aromatic carbocycles. The molecule has 1 aromatic heterocycles. The van der Waals surface area contributed by atoms with Crippen LogP contribution in [0.5, 0.6) is 5.75 Å². The molecule has 17 heavy (non-hydrogen) atoms. The number of benzene rings is 1. The summed E-state index contributed by atoms with van der Waals surface area (Å²) in [7, 11) is 0. The highest BCUT2D eigenvalue weighted by molar-refractivity contribution is 5.90. The van der Waals surface area contributed by atoms with E-state index in [-0.39, 0.29) is 12.5 Å². The van der Waals surface area contributed by atoms with Crippen molar-refractivity contribution in [1.82, 2.24) is 9.97 Å². The molecule has 0 unspecified atom stereocenters. The van der Waals surface area contributed by atoms with Crippen LogP contribution in [-0.2, 0) is 4.79 Å². The average molecular weight is 231 g/mol. The molecule has 0 saturated carbocycles. The number of hydrogen-bond donors (Lipinski definition) is 2. The van der Waals surface area contributed by atoms with Gasteiger partial charge in [0, 0.05) is 12.4 Å².